The number of hydrogen-bond donors (Lipinski definition) is 1. The van der Waals surface area contributed by atoms with Gasteiger partial charge < -0.3 is 5.32 Å². The van der Waals surface area contributed by atoms with Crippen molar-refractivity contribution in [2.45, 2.75) is 25.4 Å². The third kappa shape index (κ3) is 6.44. The number of nitriles is 1. The number of nitrogens with zero attached hydrogens (tertiary/aromatic N) is 2. The fraction of sp³-hybridized carbons (Fsp3) is 0.0980. The standard InChI is InChI=1S/C51H39N3/c52-34-35-20-22-36(23-21-35)37-24-26-38(27-25-37)44-32-33-45(47-19-11-10-18-46(44)47)39-28-30-42(31-29-39)50-48(40-12-4-1-5-13-40)49(41-14-6-2-7-15-41)53-51(54-50)43-16-8-3-9-17-43/h1-9,11-17,19-30,32-33,42,51,53H,10,18,31H2. The zero-order valence-corrected chi connectivity index (χ0v) is 30.0. The van der Waals surface area contributed by atoms with E-state index < -0.39 is 0 Å². The van der Waals surface area contributed by atoms with E-state index in [1.807, 2.05) is 24.3 Å². The van der Waals surface area contributed by atoms with Crippen molar-refractivity contribution in [1.82, 2.24) is 5.32 Å². The molecular weight excluding hydrogens is 655 g/mol. The van der Waals surface area contributed by atoms with Gasteiger partial charge in [0.1, 0.15) is 6.17 Å². The van der Waals surface area contributed by atoms with Gasteiger partial charge in [-0.25, -0.2) is 0 Å². The van der Waals surface area contributed by atoms with Gasteiger partial charge in [0.05, 0.1) is 23.0 Å². The molecule has 54 heavy (non-hydrogen) atoms. The number of fused-ring (bicyclic) bond motifs is 1. The molecule has 258 valence electrons. The summed E-state index contributed by atoms with van der Waals surface area (Å²) in [6, 6.07) is 55.4. The van der Waals surface area contributed by atoms with E-state index in [0.717, 1.165) is 64.1 Å². The van der Waals surface area contributed by atoms with Crippen molar-refractivity contribution >= 4 is 28.6 Å². The minimum atomic E-state index is -0.189. The van der Waals surface area contributed by atoms with Crippen molar-refractivity contribution in [3.05, 3.63) is 215 Å². The van der Waals surface area contributed by atoms with E-state index >= 15 is 0 Å². The normalized spacial score (nSPS) is 17.5. The summed E-state index contributed by atoms with van der Waals surface area (Å²) < 4.78 is 0. The zero-order chi connectivity index (χ0) is 36.3. The maximum absolute atomic E-state index is 9.19. The summed E-state index contributed by atoms with van der Waals surface area (Å²) in [6.07, 6.45) is 14.5. The van der Waals surface area contributed by atoms with E-state index in [0.29, 0.717) is 5.56 Å². The van der Waals surface area contributed by atoms with Crippen molar-refractivity contribution in [3.63, 3.8) is 0 Å². The van der Waals surface area contributed by atoms with Crippen molar-refractivity contribution in [3.8, 4) is 28.3 Å². The van der Waals surface area contributed by atoms with Crippen molar-refractivity contribution < 1.29 is 0 Å². The van der Waals surface area contributed by atoms with Gasteiger partial charge in [0, 0.05) is 11.5 Å². The predicted molar refractivity (Wildman–Crippen MR) is 224 cm³/mol. The van der Waals surface area contributed by atoms with E-state index in [-0.39, 0.29) is 12.1 Å². The molecule has 3 heteroatoms. The number of nitrogens with one attached hydrogen (secondary N) is 1. The zero-order valence-electron chi connectivity index (χ0n) is 30.0. The Morgan fingerprint density at radius 2 is 1.24 bits per heavy atom. The highest BCUT2D eigenvalue weighted by Crippen LogP contribution is 2.41. The third-order valence-electron chi connectivity index (χ3n) is 10.8. The average Bonchev–Trinajstić information content (AvgIpc) is 3.26. The fourth-order valence-corrected chi connectivity index (χ4v) is 8.05. The van der Waals surface area contributed by atoms with E-state index in [4.69, 9.17) is 4.99 Å². The second kappa shape index (κ2) is 14.7. The van der Waals surface area contributed by atoms with Crippen LogP contribution in [0.5, 0.6) is 0 Å². The van der Waals surface area contributed by atoms with Crippen molar-refractivity contribution in [2.75, 3.05) is 0 Å². The lowest BCUT2D eigenvalue weighted by atomic mass is 9.80. The number of aliphatic imine (C=N–C) groups is 1. The molecule has 2 aliphatic carbocycles. The number of hydrogen-bond acceptors (Lipinski definition) is 3. The van der Waals surface area contributed by atoms with Crippen LogP contribution in [0, 0.1) is 17.2 Å². The van der Waals surface area contributed by atoms with Crippen LogP contribution in [0.15, 0.2) is 181 Å². The minimum Gasteiger partial charge on any atom is -0.359 e. The number of allylic oxidation sites excluding steroid dienone is 6. The van der Waals surface area contributed by atoms with Crippen LogP contribution in [0.3, 0.4) is 0 Å². The molecule has 0 bridgehead atoms. The Morgan fingerprint density at radius 3 is 1.91 bits per heavy atom. The first-order valence-corrected chi connectivity index (χ1v) is 18.8. The molecule has 0 spiro atoms. The van der Waals surface area contributed by atoms with E-state index in [1.54, 1.807) is 0 Å². The molecule has 0 amide bonds. The van der Waals surface area contributed by atoms with Gasteiger partial charge in [0.25, 0.3) is 0 Å². The van der Waals surface area contributed by atoms with Gasteiger partial charge in [-0.05, 0) is 92.6 Å². The van der Waals surface area contributed by atoms with Gasteiger partial charge in [-0.15, -0.1) is 0 Å². The first-order chi connectivity index (χ1) is 26.7. The highest BCUT2D eigenvalue weighted by atomic mass is 15.1. The van der Waals surface area contributed by atoms with Crippen LogP contribution in [0.25, 0.3) is 45.2 Å². The molecule has 9 rings (SSSR count). The first-order valence-electron chi connectivity index (χ1n) is 18.8. The molecule has 0 saturated heterocycles. The third-order valence-corrected chi connectivity index (χ3v) is 10.8. The van der Waals surface area contributed by atoms with E-state index in [9.17, 15) is 5.26 Å². The summed E-state index contributed by atoms with van der Waals surface area (Å²) in [7, 11) is 0. The van der Waals surface area contributed by atoms with Crippen LogP contribution in [-0.2, 0) is 6.42 Å². The number of rotatable bonds is 7. The summed E-state index contributed by atoms with van der Waals surface area (Å²) >= 11 is 0. The number of benzene rings is 6. The quantitative estimate of drug-likeness (QED) is 0.181. The Bertz CT molecular complexity index is 2510. The second-order valence-corrected chi connectivity index (χ2v) is 14.1. The molecule has 6 aromatic carbocycles. The molecule has 3 aliphatic rings. The van der Waals surface area contributed by atoms with Crippen LogP contribution in [0.2, 0.25) is 0 Å². The van der Waals surface area contributed by atoms with Gasteiger partial charge in [0.2, 0.25) is 0 Å². The highest BCUT2D eigenvalue weighted by molar-refractivity contribution is 6.32. The highest BCUT2D eigenvalue weighted by Gasteiger charge is 2.30. The molecule has 2 unspecified atom stereocenters. The SMILES string of the molecule is N#Cc1ccc(-c2ccc(-c3ccc(C4=CCC(C5=NC(c6ccccc6)NC(c6ccccc6)=C5c5ccccc5)C=C4)c4c3CCC=C4)cc2)cc1. The Labute approximate surface area is 317 Å². The Hall–Kier alpha value is -6.76. The average molecular weight is 694 g/mol. The largest absolute Gasteiger partial charge is 0.359 e. The lowest BCUT2D eigenvalue weighted by Crippen LogP contribution is -2.30. The molecule has 2 atom stereocenters. The van der Waals surface area contributed by atoms with Crippen LogP contribution >= 0.6 is 0 Å². The van der Waals surface area contributed by atoms with Crippen molar-refractivity contribution in [2.24, 2.45) is 10.9 Å². The Morgan fingerprint density at radius 1 is 0.611 bits per heavy atom. The summed E-state index contributed by atoms with van der Waals surface area (Å²) in [5.41, 5.74) is 17.6. The van der Waals surface area contributed by atoms with Crippen molar-refractivity contribution in [1.29, 1.82) is 5.26 Å². The Balaban J connectivity index is 1.06. The molecule has 6 aromatic rings. The van der Waals surface area contributed by atoms with Crippen LogP contribution < -0.4 is 5.32 Å². The van der Waals surface area contributed by atoms with Gasteiger partial charge in [-0.3, -0.25) is 4.99 Å². The molecule has 0 aromatic heterocycles. The van der Waals surface area contributed by atoms with Crippen LogP contribution in [0.4, 0.5) is 0 Å². The molecular formula is C51H39N3. The van der Waals surface area contributed by atoms with Gasteiger partial charge in [0.15, 0.2) is 0 Å². The van der Waals surface area contributed by atoms with Gasteiger partial charge in [-0.1, -0.05) is 170 Å². The lowest BCUT2D eigenvalue weighted by Gasteiger charge is -2.32. The van der Waals surface area contributed by atoms with Gasteiger partial charge in [-0.2, -0.15) is 5.26 Å². The summed E-state index contributed by atoms with van der Waals surface area (Å²) in [5, 5.41) is 13.0. The van der Waals surface area contributed by atoms with E-state index in [2.05, 4.69) is 169 Å². The molecule has 0 saturated carbocycles. The maximum Gasteiger partial charge on any atom is 0.145 e. The molecule has 1 aliphatic heterocycles. The monoisotopic (exact) mass is 693 g/mol. The smallest absolute Gasteiger partial charge is 0.145 e. The fourth-order valence-electron chi connectivity index (χ4n) is 8.05. The van der Waals surface area contributed by atoms with Crippen LogP contribution in [-0.4, -0.2) is 5.71 Å². The molecule has 0 fully saturated rings. The maximum atomic E-state index is 9.19. The summed E-state index contributed by atoms with van der Waals surface area (Å²) in [5.74, 6) is 0.122. The first kappa shape index (κ1) is 33.1. The molecule has 0 radical (unpaired) electrons. The molecule has 1 heterocycles. The lowest BCUT2D eigenvalue weighted by molar-refractivity contribution is 0.655. The second-order valence-electron chi connectivity index (χ2n) is 14.1. The summed E-state index contributed by atoms with van der Waals surface area (Å²) in [4.78, 5) is 5.50. The van der Waals surface area contributed by atoms with Gasteiger partial charge >= 0.3 is 0 Å². The van der Waals surface area contributed by atoms with E-state index in [1.165, 1.54) is 33.4 Å². The Kier molecular flexibility index (Phi) is 9.01. The summed E-state index contributed by atoms with van der Waals surface area (Å²) in [6.45, 7) is 0. The van der Waals surface area contributed by atoms with Crippen LogP contribution in [0.1, 0.15) is 58.0 Å². The topological polar surface area (TPSA) is 48.2 Å². The minimum absolute atomic E-state index is 0.122. The molecule has 1 N–H and O–H groups in total. The molecule has 3 nitrogen and oxygen atoms in total. The predicted octanol–water partition coefficient (Wildman–Crippen LogP) is 12.1.